The minimum absolute atomic E-state index is 0. The summed E-state index contributed by atoms with van der Waals surface area (Å²) in [6, 6.07) is 0. The predicted octanol–water partition coefficient (Wildman–Crippen LogP) is 0.529. The second-order valence-electron chi connectivity index (χ2n) is 2.57. The summed E-state index contributed by atoms with van der Waals surface area (Å²) in [6.45, 7) is 3.09. The van der Waals surface area contributed by atoms with Crippen molar-refractivity contribution in [2.24, 2.45) is 5.92 Å². The van der Waals surface area contributed by atoms with Gasteiger partial charge in [0.2, 0.25) is 6.17 Å². The van der Waals surface area contributed by atoms with Crippen molar-refractivity contribution < 1.29 is 13.9 Å². The molecule has 1 atom stereocenters. The van der Waals surface area contributed by atoms with Gasteiger partial charge in [-0.25, -0.2) is 9.18 Å². The van der Waals surface area contributed by atoms with Crippen molar-refractivity contribution in [3.8, 4) is 0 Å². The fourth-order valence-electron chi connectivity index (χ4n) is 0.932. The summed E-state index contributed by atoms with van der Waals surface area (Å²) in [6.07, 6.45) is -1.43. The first kappa shape index (κ1) is 11.6. The molecule has 1 aliphatic rings. The molecule has 1 rings (SSSR count). The van der Waals surface area contributed by atoms with Gasteiger partial charge < -0.3 is 10.1 Å². The number of halogens is 2. The normalized spacial score (nSPS) is 18.8. The van der Waals surface area contributed by atoms with Gasteiger partial charge in [0.25, 0.3) is 0 Å². The summed E-state index contributed by atoms with van der Waals surface area (Å²) >= 11 is 0. The maximum atomic E-state index is 12.9. The van der Waals surface area contributed by atoms with Gasteiger partial charge >= 0.3 is 5.97 Å². The average Bonchev–Trinajstić information content (AvgIpc) is 1.84. The lowest BCUT2D eigenvalue weighted by molar-refractivity contribution is -0.152. The molecule has 0 aromatic carbocycles. The molecular weight excluding hydrogens is 185 g/mol. The maximum Gasteiger partial charge on any atom is 0.341 e. The number of alkyl halides is 1. The molecule has 0 aromatic rings. The van der Waals surface area contributed by atoms with Crippen LogP contribution in [0.4, 0.5) is 4.39 Å². The summed E-state index contributed by atoms with van der Waals surface area (Å²) in [7, 11) is 0. The van der Waals surface area contributed by atoms with Crippen molar-refractivity contribution in [2.75, 3.05) is 19.7 Å². The zero-order valence-electron chi connectivity index (χ0n) is 6.88. The van der Waals surface area contributed by atoms with Gasteiger partial charge in [0, 0.05) is 19.0 Å². The van der Waals surface area contributed by atoms with Crippen LogP contribution in [-0.2, 0) is 9.53 Å². The van der Waals surface area contributed by atoms with E-state index in [4.69, 9.17) is 0 Å². The molecule has 0 radical (unpaired) electrons. The summed E-state index contributed by atoms with van der Waals surface area (Å²) in [5, 5.41) is 2.89. The lowest BCUT2D eigenvalue weighted by Crippen LogP contribution is -2.49. The van der Waals surface area contributed by atoms with Crippen LogP contribution in [0.2, 0.25) is 0 Å². The van der Waals surface area contributed by atoms with Gasteiger partial charge in [-0.05, 0) is 6.92 Å². The van der Waals surface area contributed by atoms with Crippen molar-refractivity contribution in [3.05, 3.63) is 0 Å². The van der Waals surface area contributed by atoms with Gasteiger partial charge in [0.1, 0.15) is 0 Å². The number of carbonyl (C=O) groups is 1. The molecule has 3 nitrogen and oxygen atoms in total. The second-order valence-corrected chi connectivity index (χ2v) is 2.57. The highest BCUT2D eigenvalue weighted by molar-refractivity contribution is 5.85. The fraction of sp³-hybridized carbons (Fsp3) is 0.857. The van der Waals surface area contributed by atoms with E-state index >= 15 is 0 Å². The van der Waals surface area contributed by atoms with Crippen molar-refractivity contribution in [1.29, 1.82) is 0 Å². The topological polar surface area (TPSA) is 38.3 Å². The van der Waals surface area contributed by atoms with E-state index in [2.05, 4.69) is 10.1 Å². The Hall–Kier alpha value is -0.350. The maximum absolute atomic E-state index is 12.9. The number of hydrogen-bond acceptors (Lipinski definition) is 3. The van der Waals surface area contributed by atoms with Crippen LogP contribution in [0.25, 0.3) is 0 Å². The van der Waals surface area contributed by atoms with E-state index in [1.165, 1.54) is 0 Å². The Morgan fingerprint density at radius 2 is 2.33 bits per heavy atom. The minimum Gasteiger partial charge on any atom is -0.464 e. The Bertz CT molecular complexity index is 152. The van der Waals surface area contributed by atoms with Crippen molar-refractivity contribution >= 4 is 18.4 Å². The summed E-state index contributed by atoms with van der Waals surface area (Å²) in [5.41, 5.74) is 0. The molecule has 1 unspecified atom stereocenters. The van der Waals surface area contributed by atoms with E-state index in [1.807, 2.05) is 0 Å². The molecule has 1 aliphatic heterocycles. The van der Waals surface area contributed by atoms with Crippen LogP contribution in [0.15, 0.2) is 0 Å². The molecule has 0 saturated carbocycles. The first-order valence-corrected chi connectivity index (χ1v) is 3.77. The highest BCUT2D eigenvalue weighted by Crippen LogP contribution is 2.13. The fourth-order valence-corrected chi connectivity index (χ4v) is 0.932. The molecular formula is C7H13ClFNO2. The molecule has 12 heavy (non-hydrogen) atoms. The molecule has 5 heteroatoms. The number of nitrogens with one attached hydrogen (secondary N) is 1. The molecule has 1 heterocycles. The Balaban J connectivity index is 0.00000121. The van der Waals surface area contributed by atoms with Crippen LogP contribution in [0.5, 0.6) is 0 Å². The summed E-state index contributed by atoms with van der Waals surface area (Å²) in [4.78, 5) is 10.8. The molecule has 0 aliphatic carbocycles. The molecule has 0 aromatic heterocycles. The predicted molar refractivity (Wildman–Crippen MR) is 45.1 cm³/mol. The quantitative estimate of drug-likeness (QED) is 0.671. The highest BCUT2D eigenvalue weighted by Gasteiger charge is 2.33. The van der Waals surface area contributed by atoms with Crippen LogP contribution in [0.1, 0.15) is 6.92 Å². The van der Waals surface area contributed by atoms with Crippen LogP contribution in [0.3, 0.4) is 0 Å². The molecule has 1 saturated heterocycles. The average molecular weight is 198 g/mol. The molecule has 1 N–H and O–H groups in total. The van der Waals surface area contributed by atoms with Gasteiger partial charge in [-0.2, -0.15) is 0 Å². The zero-order valence-corrected chi connectivity index (χ0v) is 7.70. The monoisotopic (exact) mass is 197 g/mol. The largest absolute Gasteiger partial charge is 0.464 e. The number of esters is 1. The van der Waals surface area contributed by atoms with E-state index in [-0.39, 0.29) is 24.9 Å². The Labute approximate surface area is 77.1 Å². The van der Waals surface area contributed by atoms with Gasteiger partial charge in [0.05, 0.1) is 6.61 Å². The number of carbonyl (C=O) groups excluding carboxylic acids is 1. The third-order valence-electron chi connectivity index (χ3n) is 1.74. The Kier molecular flexibility index (Phi) is 5.17. The highest BCUT2D eigenvalue weighted by atomic mass is 35.5. The number of rotatable bonds is 3. The number of ether oxygens (including phenoxy) is 1. The summed E-state index contributed by atoms with van der Waals surface area (Å²) in [5.74, 6) is -0.895. The van der Waals surface area contributed by atoms with Crippen molar-refractivity contribution in [2.45, 2.75) is 13.1 Å². The van der Waals surface area contributed by atoms with Crippen LogP contribution >= 0.6 is 12.4 Å². The van der Waals surface area contributed by atoms with Gasteiger partial charge in [-0.1, -0.05) is 0 Å². The Morgan fingerprint density at radius 1 is 1.75 bits per heavy atom. The molecule has 72 valence electrons. The lowest BCUT2D eigenvalue weighted by atomic mass is 9.98. The first-order valence-electron chi connectivity index (χ1n) is 3.77. The van der Waals surface area contributed by atoms with E-state index in [0.717, 1.165) is 0 Å². The van der Waals surface area contributed by atoms with Gasteiger partial charge in [-0.15, -0.1) is 12.4 Å². The van der Waals surface area contributed by atoms with Gasteiger partial charge in [0.15, 0.2) is 0 Å². The zero-order chi connectivity index (χ0) is 8.27. The third-order valence-corrected chi connectivity index (χ3v) is 1.74. The van der Waals surface area contributed by atoms with E-state index in [1.54, 1.807) is 6.92 Å². The van der Waals surface area contributed by atoms with Crippen LogP contribution in [-0.4, -0.2) is 31.8 Å². The first-order chi connectivity index (χ1) is 5.25. The van der Waals surface area contributed by atoms with Crippen LogP contribution in [0, 0.1) is 5.92 Å². The third kappa shape index (κ3) is 2.60. The van der Waals surface area contributed by atoms with E-state index in [0.29, 0.717) is 13.1 Å². The van der Waals surface area contributed by atoms with Gasteiger partial charge in [-0.3, -0.25) is 0 Å². The SMILES string of the molecule is CCOC(=O)C(F)C1CNC1.Cl. The molecule has 0 amide bonds. The standard InChI is InChI=1S/C7H12FNO2.ClH/c1-2-11-7(10)6(8)5-3-9-4-5;/h5-6,9H,2-4H2,1H3;1H. The smallest absolute Gasteiger partial charge is 0.341 e. The summed E-state index contributed by atoms with van der Waals surface area (Å²) < 4.78 is 17.4. The van der Waals surface area contributed by atoms with Crippen molar-refractivity contribution in [3.63, 3.8) is 0 Å². The molecule has 0 bridgehead atoms. The van der Waals surface area contributed by atoms with E-state index in [9.17, 15) is 9.18 Å². The second kappa shape index (κ2) is 5.32. The number of hydrogen-bond donors (Lipinski definition) is 1. The molecule has 0 spiro atoms. The van der Waals surface area contributed by atoms with E-state index < -0.39 is 12.1 Å². The minimum atomic E-state index is -1.43. The molecule has 1 fully saturated rings. The van der Waals surface area contributed by atoms with Crippen LogP contribution < -0.4 is 5.32 Å². The lowest BCUT2D eigenvalue weighted by Gasteiger charge is -2.28. The van der Waals surface area contributed by atoms with Crippen molar-refractivity contribution in [1.82, 2.24) is 5.32 Å². The Morgan fingerprint density at radius 3 is 2.67 bits per heavy atom.